The van der Waals surface area contributed by atoms with Gasteiger partial charge in [-0.25, -0.2) is 0 Å². The molecule has 2 aliphatic rings. The van der Waals surface area contributed by atoms with E-state index in [9.17, 15) is 0 Å². The van der Waals surface area contributed by atoms with Crippen LogP contribution < -0.4 is 0 Å². The Labute approximate surface area is 145 Å². The van der Waals surface area contributed by atoms with Crippen LogP contribution in [-0.4, -0.2) is 67.9 Å². The molecule has 2 fully saturated rings. The maximum Gasteiger partial charge on any atom is 0.118 e. The highest BCUT2D eigenvalue weighted by atomic mass is 16.5. The summed E-state index contributed by atoms with van der Waals surface area (Å²) in [6, 6.07) is 4.68. The van der Waals surface area contributed by atoms with E-state index < -0.39 is 0 Å². The van der Waals surface area contributed by atoms with E-state index in [-0.39, 0.29) is 5.60 Å². The van der Waals surface area contributed by atoms with Crippen molar-refractivity contribution in [1.29, 1.82) is 0 Å². The summed E-state index contributed by atoms with van der Waals surface area (Å²) in [5.74, 6) is 2.59. The van der Waals surface area contributed by atoms with E-state index in [1.54, 1.807) is 0 Å². The standard InChI is InChI=1S/C19H32N2O3/c1-15(2)20(4)10-17-9-19(23-12-17)13-21(7-8-22-14-19)11-18-6-5-16(3)24-18/h5-6,15,17H,7-14H2,1-4H3/t17-,19-/m1/s1. The minimum Gasteiger partial charge on any atom is -0.465 e. The summed E-state index contributed by atoms with van der Waals surface area (Å²) in [5, 5.41) is 0. The Bertz CT molecular complexity index is 530. The van der Waals surface area contributed by atoms with Crippen LogP contribution in [0.15, 0.2) is 16.5 Å². The average molecular weight is 336 g/mol. The number of ether oxygens (including phenoxy) is 2. The molecule has 0 aliphatic carbocycles. The number of furan rings is 1. The summed E-state index contributed by atoms with van der Waals surface area (Å²) in [4.78, 5) is 4.83. The molecule has 5 nitrogen and oxygen atoms in total. The normalized spacial score (nSPS) is 29.0. The van der Waals surface area contributed by atoms with Crippen molar-refractivity contribution in [2.45, 2.75) is 45.4 Å². The summed E-state index contributed by atoms with van der Waals surface area (Å²) >= 11 is 0. The maximum atomic E-state index is 6.30. The quantitative estimate of drug-likeness (QED) is 0.826. The van der Waals surface area contributed by atoms with Crippen LogP contribution in [0.2, 0.25) is 0 Å². The van der Waals surface area contributed by atoms with Crippen LogP contribution in [-0.2, 0) is 16.0 Å². The molecule has 0 N–H and O–H groups in total. The van der Waals surface area contributed by atoms with Crippen molar-refractivity contribution in [3.63, 3.8) is 0 Å². The molecule has 0 unspecified atom stereocenters. The molecule has 3 rings (SSSR count). The van der Waals surface area contributed by atoms with Crippen LogP contribution in [0.5, 0.6) is 0 Å². The molecule has 3 heterocycles. The Hall–Kier alpha value is -0.880. The molecule has 1 aromatic heterocycles. The van der Waals surface area contributed by atoms with Gasteiger partial charge in [-0.1, -0.05) is 0 Å². The molecular weight excluding hydrogens is 304 g/mol. The summed E-state index contributed by atoms with van der Waals surface area (Å²) in [6.45, 7) is 12.6. The number of hydrogen-bond acceptors (Lipinski definition) is 5. The second kappa shape index (κ2) is 7.56. The number of hydrogen-bond donors (Lipinski definition) is 0. The lowest BCUT2D eigenvalue weighted by molar-refractivity contribution is -0.0566. The smallest absolute Gasteiger partial charge is 0.118 e. The van der Waals surface area contributed by atoms with Crippen LogP contribution in [0.25, 0.3) is 0 Å². The van der Waals surface area contributed by atoms with Crippen molar-refractivity contribution in [1.82, 2.24) is 9.80 Å². The van der Waals surface area contributed by atoms with E-state index in [2.05, 4.69) is 36.8 Å². The van der Waals surface area contributed by atoms with E-state index >= 15 is 0 Å². The van der Waals surface area contributed by atoms with Crippen molar-refractivity contribution in [2.24, 2.45) is 5.92 Å². The third-order valence-corrected chi connectivity index (χ3v) is 5.32. The molecule has 136 valence electrons. The third-order valence-electron chi connectivity index (χ3n) is 5.32. The second-order valence-corrected chi connectivity index (χ2v) is 7.87. The van der Waals surface area contributed by atoms with Gasteiger partial charge in [-0.05, 0) is 52.3 Å². The molecule has 24 heavy (non-hydrogen) atoms. The number of nitrogens with zero attached hydrogens (tertiary/aromatic N) is 2. The lowest BCUT2D eigenvalue weighted by Crippen LogP contribution is -2.44. The minimum atomic E-state index is -0.152. The zero-order valence-electron chi connectivity index (χ0n) is 15.6. The molecule has 0 saturated carbocycles. The Morgan fingerprint density at radius 3 is 2.92 bits per heavy atom. The fraction of sp³-hybridized carbons (Fsp3) is 0.789. The van der Waals surface area contributed by atoms with Gasteiger partial charge in [0.15, 0.2) is 0 Å². The Morgan fingerprint density at radius 1 is 1.38 bits per heavy atom. The van der Waals surface area contributed by atoms with Gasteiger partial charge >= 0.3 is 0 Å². The second-order valence-electron chi connectivity index (χ2n) is 7.87. The largest absolute Gasteiger partial charge is 0.465 e. The van der Waals surface area contributed by atoms with Gasteiger partial charge in [0.1, 0.15) is 17.1 Å². The highest BCUT2D eigenvalue weighted by molar-refractivity contribution is 5.06. The van der Waals surface area contributed by atoms with Crippen molar-refractivity contribution in [2.75, 3.05) is 46.5 Å². The Morgan fingerprint density at radius 2 is 2.21 bits per heavy atom. The van der Waals surface area contributed by atoms with Crippen LogP contribution in [0.1, 0.15) is 31.8 Å². The first kappa shape index (κ1) is 17.9. The highest BCUT2D eigenvalue weighted by Crippen LogP contribution is 2.33. The van der Waals surface area contributed by atoms with Crippen molar-refractivity contribution in [3.8, 4) is 0 Å². The predicted octanol–water partition coefficient (Wildman–Crippen LogP) is 2.54. The molecule has 2 aliphatic heterocycles. The zero-order chi connectivity index (χ0) is 17.2. The van der Waals surface area contributed by atoms with Crippen molar-refractivity contribution >= 4 is 0 Å². The van der Waals surface area contributed by atoms with Gasteiger partial charge in [0.25, 0.3) is 0 Å². The van der Waals surface area contributed by atoms with Gasteiger partial charge in [0.05, 0.1) is 26.4 Å². The first-order valence-corrected chi connectivity index (χ1v) is 9.15. The van der Waals surface area contributed by atoms with Crippen LogP contribution >= 0.6 is 0 Å². The number of aryl methyl sites for hydroxylation is 1. The summed E-state index contributed by atoms with van der Waals surface area (Å²) < 4.78 is 17.9. The lowest BCUT2D eigenvalue weighted by atomic mass is 9.93. The molecule has 1 aromatic rings. The molecule has 0 amide bonds. The molecular formula is C19H32N2O3. The van der Waals surface area contributed by atoms with Gasteiger partial charge in [0, 0.05) is 25.7 Å². The zero-order valence-corrected chi connectivity index (χ0v) is 15.6. The van der Waals surface area contributed by atoms with Gasteiger partial charge in [-0.15, -0.1) is 0 Å². The van der Waals surface area contributed by atoms with E-state index in [1.807, 2.05) is 13.0 Å². The molecule has 5 heteroatoms. The molecule has 2 saturated heterocycles. The van der Waals surface area contributed by atoms with Gasteiger partial charge in [0.2, 0.25) is 0 Å². The Kier molecular flexibility index (Phi) is 5.65. The summed E-state index contributed by atoms with van der Waals surface area (Å²) in [6.07, 6.45) is 1.08. The van der Waals surface area contributed by atoms with Gasteiger partial charge in [-0.3, -0.25) is 4.90 Å². The van der Waals surface area contributed by atoms with E-state index in [4.69, 9.17) is 13.9 Å². The number of rotatable bonds is 5. The first-order valence-electron chi connectivity index (χ1n) is 9.15. The topological polar surface area (TPSA) is 38.1 Å². The van der Waals surface area contributed by atoms with E-state index in [0.29, 0.717) is 18.6 Å². The molecule has 1 spiro atoms. The van der Waals surface area contributed by atoms with E-state index in [0.717, 1.165) is 57.3 Å². The highest BCUT2D eigenvalue weighted by Gasteiger charge is 2.43. The predicted molar refractivity (Wildman–Crippen MR) is 94.1 cm³/mol. The van der Waals surface area contributed by atoms with Gasteiger partial charge in [-0.2, -0.15) is 0 Å². The van der Waals surface area contributed by atoms with Crippen LogP contribution in [0.3, 0.4) is 0 Å². The van der Waals surface area contributed by atoms with Gasteiger partial charge < -0.3 is 18.8 Å². The Balaban J connectivity index is 1.60. The third kappa shape index (κ3) is 4.39. The summed E-state index contributed by atoms with van der Waals surface area (Å²) in [5.41, 5.74) is -0.152. The lowest BCUT2D eigenvalue weighted by Gasteiger charge is -2.31. The fourth-order valence-corrected chi connectivity index (χ4v) is 3.79. The maximum absolute atomic E-state index is 6.30. The van der Waals surface area contributed by atoms with E-state index in [1.165, 1.54) is 0 Å². The fourth-order valence-electron chi connectivity index (χ4n) is 3.79. The van der Waals surface area contributed by atoms with Crippen LogP contribution in [0, 0.1) is 12.8 Å². The summed E-state index contributed by atoms with van der Waals surface area (Å²) in [7, 11) is 2.20. The SMILES string of the molecule is Cc1ccc(CN2CCOC[C@@]3(C[C@H](CN(C)C(C)C)CO3)C2)o1. The average Bonchev–Trinajstić information content (AvgIpc) is 3.04. The molecule has 2 atom stereocenters. The van der Waals surface area contributed by atoms with Crippen molar-refractivity contribution in [3.05, 3.63) is 23.7 Å². The van der Waals surface area contributed by atoms with Crippen LogP contribution in [0.4, 0.5) is 0 Å². The molecule has 0 aromatic carbocycles. The molecule has 0 radical (unpaired) electrons. The molecule has 0 bridgehead atoms. The minimum absolute atomic E-state index is 0.152. The van der Waals surface area contributed by atoms with Crippen molar-refractivity contribution < 1.29 is 13.9 Å². The monoisotopic (exact) mass is 336 g/mol. The first-order chi connectivity index (χ1) is 11.5.